The van der Waals surface area contributed by atoms with Gasteiger partial charge in [0.2, 0.25) is 0 Å². The predicted molar refractivity (Wildman–Crippen MR) is 89.8 cm³/mol. The molecule has 1 amide bonds. The van der Waals surface area contributed by atoms with E-state index in [2.05, 4.69) is 5.32 Å². The Morgan fingerprint density at radius 3 is 2.70 bits per heavy atom. The summed E-state index contributed by atoms with van der Waals surface area (Å²) >= 11 is 0. The van der Waals surface area contributed by atoms with Gasteiger partial charge in [0.25, 0.3) is 5.91 Å². The van der Waals surface area contributed by atoms with Gasteiger partial charge in [-0.05, 0) is 48.4 Å². The normalized spacial score (nSPS) is 10.3. The molecule has 0 spiro atoms. The lowest BCUT2D eigenvalue weighted by atomic mass is 10.1. The summed E-state index contributed by atoms with van der Waals surface area (Å²) in [5.41, 5.74) is 2.29. The average molecular weight is 316 g/mol. The summed E-state index contributed by atoms with van der Waals surface area (Å²) < 4.78 is 18.5. The van der Waals surface area contributed by atoms with Crippen LogP contribution in [0.2, 0.25) is 0 Å². The highest BCUT2D eigenvalue weighted by molar-refractivity contribution is 5.95. The first kappa shape index (κ1) is 16.8. The number of benzene rings is 2. The Kier molecular flexibility index (Phi) is 5.57. The van der Waals surface area contributed by atoms with Crippen molar-refractivity contribution in [2.24, 2.45) is 0 Å². The minimum atomic E-state index is -0.314. The summed E-state index contributed by atoms with van der Waals surface area (Å²) in [5.74, 6) is 0.158. The van der Waals surface area contributed by atoms with Crippen molar-refractivity contribution in [1.82, 2.24) is 5.32 Å². The molecule has 0 bridgehead atoms. The molecule has 5 heteroatoms. The van der Waals surface area contributed by atoms with E-state index >= 15 is 0 Å². The molecule has 1 N–H and O–H groups in total. The van der Waals surface area contributed by atoms with Crippen LogP contribution in [0.5, 0.6) is 5.75 Å². The number of nitrogens with one attached hydrogen (secondary N) is 1. The number of methoxy groups -OCH3 is 1. The minimum Gasteiger partial charge on any atom is -0.496 e. The molecule has 122 valence electrons. The van der Waals surface area contributed by atoms with Crippen molar-refractivity contribution in [3.8, 4) is 5.75 Å². The van der Waals surface area contributed by atoms with Gasteiger partial charge in [-0.15, -0.1) is 0 Å². The SMILES string of the molecule is COc1ccc(F)cc1CCNC(=O)c1cccc(N(C)C)c1. The van der Waals surface area contributed by atoms with E-state index in [0.29, 0.717) is 24.3 Å². The van der Waals surface area contributed by atoms with E-state index < -0.39 is 0 Å². The number of carbonyl (C=O) groups excluding carboxylic acids is 1. The Bertz CT molecular complexity index is 686. The third-order valence-corrected chi connectivity index (χ3v) is 3.55. The lowest BCUT2D eigenvalue weighted by Gasteiger charge is -2.14. The number of rotatable bonds is 6. The molecule has 0 aliphatic rings. The van der Waals surface area contributed by atoms with Crippen LogP contribution in [0.1, 0.15) is 15.9 Å². The lowest BCUT2D eigenvalue weighted by Crippen LogP contribution is -2.26. The van der Waals surface area contributed by atoms with Gasteiger partial charge in [0, 0.05) is 31.9 Å². The van der Waals surface area contributed by atoms with Crippen molar-refractivity contribution < 1.29 is 13.9 Å². The van der Waals surface area contributed by atoms with Gasteiger partial charge < -0.3 is 15.0 Å². The van der Waals surface area contributed by atoms with Crippen LogP contribution in [-0.4, -0.2) is 33.7 Å². The zero-order chi connectivity index (χ0) is 16.8. The van der Waals surface area contributed by atoms with Crippen LogP contribution in [-0.2, 0) is 6.42 Å². The second-order valence-electron chi connectivity index (χ2n) is 5.41. The Morgan fingerprint density at radius 1 is 1.22 bits per heavy atom. The quantitative estimate of drug-likeness (QED) is 0.891. The zero-order valence-electron chi connectivity index (χ0n) is 13.6. The number of anilines is 1. The second-order valence-corrected chi connectivity index (χ2v) is 5.41. The number of nitrogens with zero attached hydrogens (tertiary/aromatic N) is 1. The summed E-state index contributed by atoms with van der Waals surface area (Å²) in [4.78, 5) is 14.1. The monoisotopic (exact) mass is 316 g/mol. The van der Waals surface area contributed by atoms with Crippen molar-refractivity contribution in [1.29, 1.82) is 0 Å². The van der Waals surface area contributed by atoms with Gasteiger partial charge >= 0.3 is 0 Å². The van der Waals surface area contributed by atoms with Gasteiger partial charge in [0.15, 0.2) is 0 Å². The molecule has 0 unspecified atom stereocenters. The van der Waals surface area contributed by atoms with Crippen molar-refractivity contribution in [3.63, 3.8) is 0 Å². The maximum atomic E-state index is 13.3. The summed E-state index contributed by atoms with van der Waals surface area (Å²) in [6.45, 7) is 0.408. The van der Waals surface area contributed by atoms with Crippen LogP contribution in [0.4, 0.5) is 10.1 Å². The maximum absolute atomic E-state index is 13.3. The van der Waals surface area contributed by atoms with E-state index in [4.69, 9.17) is 4.74 Å². The number of hydrogen-bond acceptors (Lipinski definition) is 3. The highest BCUT2D eigenvalue weighted by Crippen LogP contribution is 2.19. The van der Waals surface area contributed by atoms with Gasteiger partial charge in [-0.2, -0.15) is 0 Å². The number of carbonyl (C=O) groups is 1. The van der Waals surface area contributed by atoms with E-state index in [9.17, 15) is 9.18 Å². The summed E-state index contributed by atoms with van der Waals surface area (Å²) in [6, 6.07) is 11.8. The standard InChI is InChI=1S/C18H21FN2O2/c1-21(2)16-6-4-5-14(12-16)18(22)20-10-9-13-11-15(19)7-8-17(13)23-3/h4-8,11-12H,9-10H2,1-3H3,(H,20,22). The number of hydrogen-bond donors (Lipinski definition) is 1. The molecule has 23 heavy (non-hydrogen) atoms. The molecule has 2 aromatic rings. The van der Waals surface area contributed by atoms with Crippen molar-refractivity contribution in [3.05, 3.63) is 59.4 Å². The fraction of sp³-hybridized carbons (Fsp3) is 0.278. The van der Waals surface area contributed by atoms with E-state index in [1.165, 1.54) is 12.1 Å². The minimum absolute atomic E-state index is 0.149. The molecule has 0 heterocycles. The number of amides is 1. The Hall–Kier alpha value is -2.56. The van der Waals surface area contributed by atoms with E-state index in [1.807, 2.05) is 37.2 Å². The smallest absolute Gasteiger partial charge is 0.251 e. The molecule has 2 aromatic carbocycles. The molecule has 2 rings (SSSR count). The Balaban J connectivity index is 1.97. The van der Waals surface area contributed by atoms with Gasteiger partial charge in [0.05, 0.1) is 7.11 Å². The fourth-order valence-corrected chi connectivity index (χ4v) is 2.28. The Morgan fingerprint density at radius 2 is 2.00 bits per heavy atom. The largest absolute Gasteiger partial charge is 0.496 e. The van der Waals surface area contributed by atoms with Gasteiger partial charge in [-0.3, -0.25) is 4.79 Å². The van der Waals surface area contributed by atoms with Crippen molar-refractivity contribution in [2.45, 2.75) is 6.42 Å². The molecular weight excluding hydrogens is 295 g/mol. The molecule has 0 aliphatic carbocycles. The number of ether oxygens (including phenoxy) is 1. The van der Waals surface area contributed by atoms with Gasteiger partial charge in [-0.25, -0.2) is 4.39 Å². The fourth-order valence-electron chi connectivity index (χ4n) is 2.28. The summed E-state index contributed by atoms with van der Waals surface area (Å²) in [5, 5.41) is 2.85. The van der Waals surface area contributed by atoms with E-state index in [0.717, 1.165) is 11.3 Å². The second kappa shape index (κ2) is 7.63. The van der Waals surface area contributed by atoms with Crippen molar-refractivity contribution >= 4 is 11.6 Å². The predicted octanol–water partition coefficient (Wildman–Crippen LogP) is 2.87. The van der Waals surface area contributed by atoms with Crippen LogP contribution in [0.25, 0.3) is 0 Å². The van der Waals surface area contributed by atoms with E-state index in [1.54, 1.807) is 19.2 Å². The van der Waals surface area contributed by atoms with Crippen LogP contribution in [0.3, 0.4) is 0 Å². The van der Waals surface area contributed by atoms with Crippen LogP contribution in [0, 0.1) is 5.82 Å². The highest BCUT2D eigenvalue weighted by Gasteiger charge is 2.08. The molecular formula is C18H21FN2O2. The Labute approximate surface area is 135 Å². The molecule has 0 saturated carbocycles. The zero-order valence-corrected chi connectivity index (χ0v) is 13.6. The van der Waals surface area contributed by atoms with Crippen LogP contribution < -0.4 is 15.0 Å². The molecule has 0 aromatic heterocycles. The van der Waals surface area contributed by atoms with Gasteiger partial charge in [0.1, 0.15) is 11.6 Å². The lowest BCUT2D eigenvalue weighted by molar-refractivity contribution is 0.0954. The van der Waals surface area contributed by atoms with Crippen molar-refractivity contribution in [2.75, 3.05) is 32.6 Å². The highest BCUT2D eigenvalue weighted by atomic mass is 19.1. The third-order valence-electron chi connectivity index (χ3n) is 3.55. The third kappa shape index (κ3) is 4.45. The first-order valence-electron chi connectivity index (χ1n) is 7.39. The molecule has 0 fully saturated rings. The summed E-state index contributed by atoms with van der Waals surface area (Å²) in [6.07, 6.45) is 0.500. The summed E-state index contributed by atoms with van der Waals surface area (Å²) in [7, 11) is 5.39. The molecule has 0 atom stereocenters. The topological polar surface area (TPSA) is 41.6 Å². The first-order chi connectivity index (χ1) is 11.0. The van der Waals surface area contributed by atoms with Crippen LogP contribution >= 0.6 is 0 Å². The van der Waals surface area contributed by atoms with Crippen LogP contribution in [0.15, 0.2) is 42.5 Å². The average Bonchev–Trinajstić information content (AvgIpc) is 2.55. The first-order valence-corrected chi connectivity index (χ1v) is 7.39. The molecule has 0 radical (unpaired) electrons. The molecule has 0 saturated heterocycles. The van der Waals surface area contributed by atoms with E-state index in [-0.39, 0.29) is 11.7 Å². The number of halogens is 1. The van der Waals surface area contributed by atoms with Gasteiger partial charge in [-0.1, -0.05) is 6.07 Å². The maximum Gasteiger partial charge on any atom is 0.251 e. The molecule has 0 aliphatic heterocycles. The molecule has 4 nitrogen and oxygen atoms in total.